The molecule has 4 nitrogen and oxygen atoms in total. The van der Waals surface area contributed by atoms with Gasteiger partial charge in [0.15, 0.2) is 0 Å². The average Bonchev–Trinajstić information content (AvgIpc) is 2.43. The minimum absolute atomic E-state index is 0.253. The number of rotatable bonds is 8. The summed E-state index contributed by atoms with van der Waals surface area (Å²) in [4.78, 5) is 13.4. The van der Waals surface area contributed by atoms with Gasteiger partial charge in [0.05, 0.1) is 6.61 Å². The molecule has 1 aromatic carbocycles. The molecule has 0 fully saturated rings. The highest BCUT2D eigenvalue weighted by Gasteiger charge is 2.11. The third-order valence-corrected chi connectivity index (χ3v) is 3.16. The van der Waals surface area contributed by atoms with Crippen molar-refractivity contribution < 1.29 is 14.6 Å². The third kappa shape index (κ3) is 4.91. The highest BCUT2D eigenvalue weighted by Crippen LogP contribution is 2.21. The summed E-state index contributed by atoms with van der Waals surface area (Å²) in [6.45, 7) is 6.60. The first kappa shape index (κ1) is 15.5. The minimum Gasteiger partial charge on any atom is -0.493 e. The normalized spacial score (nSPS) is 10.7. The lowest BCUT2D eigenvalue weighted by molar-refractivity contribution is 0.0692. The maximum absolute atomic E-state index is 11.2. The third-order valence-electron chi connectivity index (χ3n) is 3.16. The first-order valence-electron chi connectivity index (χ1n) is 6.76. The predicted octanol–water partition coefficient (Wildman–Crippen LogP) is 2.67. The molecule has 0 heterocycles. The molecule has 0 aliphatic rings. The largest absolute Gasteiger partial charge is 0.493 e. The Balaban J connectivity index is 2.60. The summed E-state index contributed by atoms with van der Waals surface area (Å²) in [7, 11) is 2.05. The molecule has 0 atom stereocenters. The van der Waals surface area contributed by atoms with E-state index in [1.54, 1.807) is 12.1 Å². The molecule has 1 N–H and O–H groups in total. The van der Waals surface area contributed by atoms with E-state index in [0.29, 0.717) is 12.4 Å². The number of carbonyl (C=O) groups is 1. The van der Waals surface area contributed by atoms with E-state index < -0.39 is 5.97 Å². The van der Waals surface area contributed by atoms with Crippen molar-refractivity contribution in [2.24, 2.45) is 0 Å². The van der Waals surface area contributed by atoms with Crippen LogP contribution in [0.15, 0.2) is 18.2 Å². The number of hydrogen-bond donors (Lipinski definition) is 1. The van der Waals surface area contributed by atoms with Crippen LogP contribution in [-0.4, -0.2) is 42.7 Å². The van der Waals surface area contributed by atoms with E-state index in [2.05, 4.69) is 18.9 Å². The van der Waals surface area contributed by atoms with Gasteiger partial charge in [0.2, 0.25) is 0 Å². The lowest BCUT2D eigenvalue weighted by Gasteiger charge is -2.14. The van der Waals surface area contributed by atoms with Crippen molar-refractivity contribution in [2.45, 2.75) is 26.7 Å². The molecule has 0 saturated heterocycles. The number of benzene rings is 1. The van der Waals surface area contributed by atoms with Gasteiger partial charge in [-0.2, -0.15) is 0 Å². The van der Waals surface area contributed by atoms with Crippen molar-refractivity contribution in [3.05, 3.63) is 29.3 Å². The van der Waals surface area contributed by atoms with E-state index in [1.807, 2.05) is 13.0 Å². The molecule has 0 spiro atoms. The SMILES string of the molecule is CCc1ccc(OCCCN(C)CC)c(C(=O)O)c1. The Labute approximate surface area is 115 Å². The molecule has 19 heavy (non-hydrogen) atoms. The highest BCUT2D eigenvalue weighted by atomic mass is 16.5. The fourth-order valence-electron chi connectivity index (χ4n) is 1.76. The molecule has 0 unspecified atom stereocenters. The molecule has 0 radical (unpaired) electrons. The first-order chi connectivity index (χ1) is 9.08. The lowest BCUT2D eigenvalue weighted by atomic mass is 10.1. The van der Waals surface area contributed by atoms with Crippen LogP contribution in [0.5, 0.6) is 5.75 Å². The zero-order chi connectivity index (χ0) is 14.3. The highest BCUT2D eigenvalue weighted by molar-refractivity contribution is 5.91. The maximum Gasteiger partial charge on any atom is 0.339 e. The Bertz CT molecular complexity index is 418. The van der Waals surface area contributed by atoms with Crippen molar-refractivity contribution in [3.63, 3.8) is 0 Å². The second-order valence-electron chi connectivity index (χ2n) is 4.59. The number of carboxylic acid groups (broad SMARTS) is 1. The Morgan fingerprint density at radius 3 is 2.68 bits per heavy atom. The van der Waals surface area contributed by atoms with Crippen LogP contribution in [0.1, 0.15) is 36.2 Å². The molecule has 106 valence electrons. The quantitative estimate of drug-likeness (QED) is 0.734. The van der Waals surface area contributed by atoms with Crippen LogP contribution < -0.4 is 4.74 Å². The van der Waals surface area contributed by atoms with E-state index >= 15 is 0 Å². The molecule has 0 aliphatic carbocycles. The van der Waals surface area contributed by atoms with Gasteiger partial charge in [-0.1, -0.05) is 19.9 Å². The van der Waals surface area contributed by atoms with Crippen LogP contribution in [0.4, 0.5) is 0 Å². The number of aryl methyl sites for hydroxylation is 1. The van der Waals surface area contributed by atoms with Gasteiger partial charge >= 0.3 is 5.97 Å². The first-order valence-corrected chi connectivity index (χ1v) is 6.76. The summed E-state index contributed by atoms with van der Waals surface area (Å²) < 4.78 is 5.59. The van der Waals surface area contributed by atoms with Crippen molar-refractivity contribution >= 4 is 5.97 Å². The number of aromatic carboxylic acids is 1. The molecule has 0 bridgehead atoms. The second-order valence-corrected chi connectivity index (χ2v) is 4.59. The molecule has 4 heteroatoms. The molecule has 0 aliphatic heterocycles. The summed E-state index contributed by atoms with van der Waals surface area (Å²) in [6, 6.07) is 5.36. The Morgan fingerprint density at radius 2 is 2.11 bits per heavy atom. The standard InChI is InChI=1S/C15H23NO3/c1-4-12-7-8-14(13(11-12)15(17)18)19-10-6-9-16(3)5-2/h7-8,11H,4-6,9-10H2,1-3H3,(H,17,18). The Kier molecular flexibility index (Phi) is 6.36. The molecule has 0 saturated carbocycles. The van der Waals surface area contributed by atoms with Gasteiger partial charge in [0, 0.05) is 6.54 Å². The van der Waals surface area contributed by atoms with Gasteiger partial charge in [-0.15, -0.1) is 0 Å². The summed E-state index contributed by atoms with van der Waals surface area (Å²) >= 11 is 0. The molecular weight excluding hydrogens is 242 g/mol. The summed E-state index contributed by atoms with van der Waals surface area (Å²) in [6.07, 6.45) is 1.71. The zero-order valence-corrected chi connectivity index (χ0v) is 12.0. The van der Waals surface area contributed by atoms with Crippen molar-refractivity contribution in [2.75, 3.05) is 26.7 Å². The Hall–Kier alpha value is -1.55. The molecule has 0 amide bonds. The van der Waals surface area contributed by atoms with Crippen molar-refractivity contribution in [1.29, 1.82) is 0 Å². The van der Waals surface area contributed by atoms with Gasteiger partial charge in [-0.3, -0.25) is 0 Å². The van der Waals surface area contributed by atoms with E-state index in [1.165, 1.54) is 0 Å². The molecule has 0 aromatic heterocycles. The number of hydrogen-bond acceptors (Lipinski definition) is 3. The Morgan fingerprint density at radius 1 is 1.37 bits per heavy atom. The summed E-state index contributed by atoms with van der Waals surface area (Å²) in [5.74, 6) is -0.472. The lowest BCUT2D eigenvalue weighted by Crippen LogP contribution is -2.20. The zero-order valence-electron chi connectivity index (χ0n) is 12.0. The summed E-state index contributed by atoms with van der Waals surface area (Å²) in [5.41, 5.74) is 1.26. The van der Waals surface area contributed by atoms with E-state index in [4.69, 9.17) is 4.74 Å². The topological polar surface area (TPSA) is 49.8 Å². The van der Waals surface area contributed by atoms with Gasteiger partial charge in [-0.25, -0.2) is 4.79 Å². The monoisotopic (exact) mass is 265 g/mol. The van der Waals surface area contributed by atoms with E-state index in [-0.39, 0.29) is 5.56 Å². The smallest absolute Gasteiger partial charge is 0.339 e. The van der Waals surface area contributed by atoms with Crippen LogP contribution >= 0.6 is 0 Å². The van der Waals surface area contributed by atoms with Gasteiger partial charge in [-0.05, 0) is 44.1 Å². The maximum atomic E-state index is 11.2. The number of carboxylic acids is 1. The molecule has 1 rings (SSSR count). The van der Waals surface area contributed by atoms with Crippen LogP contribution in [0.3, 0.4) is 0 Å². The number of nitrogens with zero attached hydrogens (tertiary/aromatic N) is 1. The fourth-order valence-corrected chi connectivity index (χ4v) is 1.76. The number of ether oxygens (including phenoxy) is 1. The average molecular weight is 265 g/mol. The van der Waals surface area contributed by atoms with Crippen LogP contribution in [0, 0.1) is 0 Å². The van der Waals surface area contributed by atoms with Gasteiger partial charge in [0.25, 0.3) is 0 Å². The van der Waals surface area contributed by atoms with E-state index in [0.717, 1.165) is 31.5 Å². The summed E-state index contributed by atoms with van der Waals surface area (Å²) in [5, 5.41) is 9.18. The van der Waals surface area contributed by atoms with Crippen LogP contribution in [0.2, 0.25) is 0 Å². The minimum atomic E-state index is -0.934. The van der Waals surface area contributed by atoms with Crippen molar-refractivity contribution in [3.8, 4) is 5.75 Å². The van der Waals surface area contributed by atoms with Crippen LogP contribution in [-0.2, 0) is 6.42 Å². The van der Waals surface area contributed by atoms with Crippen molar-refractivity contribution in [1.82, 2.24) is 4.90 Å². The van der Waals surface area contributed by atoms with E-state index in [9.17, 15) is 9.90 Å². The van der Waals surface area contributed by atoms with Gasteiger partial charge < -0.3 is 14.7 Å². The fraction of sp³-hybridized carbons (Fsp3) is 0.533. The second kappa shape index (κ2) is 7.79. The molecule has 1 aromatic rings. The van der Waals surface area contributed by atoms with Gasteiger partial charge in [0.1, 0.15) is 11.3 Å². The molecular formula is C15H23NO3. The predicted molar refractivity (Wildman–Crippen MR) is 76.1 cm³/mol. The van der Waals surface area contributed by atoms with Crippen LogP contribution in [0.25, 0.3) is 0 Å².